The van der Waals surface area contributed by atoms with E-state index in [1.807, 2.05) is 19.1 Å². The average molecular weight is 354 g/mol. The molecule has 0 heterocycles. The first-order valence-electron chi connectivity index (χ1n) is 6.51. The van der Waals surface area contributed by atoms with Gasteiger partial charge >= 0.3 is 0 Å². The second kappa shape index (κ2) is 6.91. The number of methoxy groups -OCH3 is 1. The summed E-state index contributed by atoms with van der Waals surface area (Å²) in [6, 6.07) is 9.89. The van der Waals surface area contributed by atoms with Gasteiger partial charge in [0.2, 0.25) is 0 Å². The van der Waals surface area contributed by atoms with E-state index < -0.39 is 0 Å². The van der Waals surface area contributed by atoms with Crippen LogP contribution in [0.15, 0.2) is 40.9 Å². The van der Waals surface area contributed by atoms with E-state index in [1.54, 1.807) is 19.2 Å². The Labute approximate surface area is 132 Å². The van der Waals surface area contributed by atoms with E-state index >= 15 is 0 Å². The van der Waals surface area contributed by atoms with Crippen LogP contribution in [0.1, 0.15) is 24.1 Å². The van der Waals surface area contributed by atoms with Crippen molar-refractivity contribution in [2.75, 3.05) is 7.11 Å². The number of nitrogens with two attached hydrogens (primary N) is 1. The molecule has 0 aliphatic carbocycles. The zero-order valence-electron chi connectivity index (χ0n) is 11.9. The van der Waals surface area contributed by atoms with Gasteiger partial charge in [0, 0.05) is 27.7 Å². The van der Waals surface area contributed by atoms with E-state index in [2.05, 4.69) is 15.9 Å². The molecule has 0 aliphatic heterocycles. The first kappa shape index (κ1) is 15.8. The van der Waals surface area contributed by atoms with E-state index in [9.17, 15) is 4.39 Å². The van der Waals surface area contributed by atoms with Crippen LogP contribution in [0.2, 0.25) is 0 Å². The Morgan fingerprint density at radius 3 is 2.62 bits per heavy atom. The van der Waals surface area contributed by atoms with Gasteiger partial charge in [-0.25, -0.2) is 4.39 Å². The van der Waals surface area contributed by atoms with Crippen LogP contribution in [-0.2, 0) is 6.61 Å². The Balaban J connectivity index is 2.22. The minimum atomic E-state index is -0.289. The number of benzene rings is 2. The molecule has 0 fully saturated rings. The Kier molecular flexibility index (Phi) is 5.20. The largest absolute Gasteiger partial charge is 0.497 e. The lowest BCUT2D eigenvalue weighted by Gasteiger charge is -2.16. The summed E-state index contributed by atoms with van der Waals surface area (Å²) in [7, 11) is 1.60. The van der Waals surface area contributed by atoms with Crippen molar-refractivity contribution in [2.45, 2.75) is 19.6 Å². The normalized spacial score (nSPS) is 12.0. The molecular weight excluding hydrogens is 337 g/mol. The Morgan fingerprint density at radius 2 is 2.00 bits per heavy atom. The fourth-order valence-electron chi connectivity index (χ4n) is 1.94. The lowest BCUT2D eigenvalue weighted by atomic mass is 10.1. The fourth-order valence-corrected chi connectivity index (χ4v) is 2.40. The van der Waals surface area contributed by atoms with Crippen LogP contribution in [0.4, 0.5) is 4.39 Å². The third-order valence-electron chi connectivity index (χ3n) is 3.11. The van der Waals surface area contributed by atoms with Crippen LogP contribution in [0.5, 0.6) is 11.5 Å². The minimum Gasteiger partial charge on any atom is -0.497 e. The van der Waals surface area contributed by atoms with Gasteiger partial charge in [-0.2, -0.15) is 0 Å². The predicted octanol–water partition coefficient (Wildman–Crippen LogP) is 4.20. The highest BCUT2D eigenvalue weighted by atomic mass is 79.9. The molecule has 0 saturated heterocycles. The molecule has 0 aliphatic rings. The second-order valence-corrected chi connectivity index (χ2v) is 5.57. The van der Waals surface area contributed by atoms with Crippen molar-refractivity contribution in [1.29, 1.82) is 0 Å². The molecule has 0 aromatic heterocycles. The topological polar surface area (TPSA) is 44.5 Å². The van der Waals surface area contributed by atoms with E-state index in [4.69, 9.17) is 15.2 Å². The van der Waals surface area contributed by atoms with Gasteiger partial charge in [-0.15, -0.1) is 0 Å². The van der Waals surface area contributed by atoms with Gasteiger partial charge in [0.15, 0.2) is 0 Å². The van der Waals surface area contributed by atoms with Crippen LogP contribution in [0.25, 0.3) is 0 Å². The molecule has 1 unspecified atom stereocenters. The highest BCUT2D eigenvalue weighted by Gasteiger charge is 2.11. The summed E-state index contributed by atoms with van der Waals surface area (Å²) in [5.41, 5.74) is 7.70. The van der Waals surface area contributed by atoms with Gasteiger partial charge in [-0.3, -0.25) is 0 Å². The first-order valence-corrected chi connectivity index (χ1v) is 7.31. The number of ether oxygens (including phenoxy) is 2. The minimum absolute atomic E-state index is 0.150. The van der Waals surface area contributed by atoms with Crippen molar-refractivity contribution in [3.8, 4) is 11.5 Å². The summed E-state index contributed by atoms with van der Waals surface area (Å²) in [5, 5.41) is 0. The molecule has 112 valence electrons. The third kappa shape index (κ3) is 3.95. The molecule has 1 atom stereocenters. The molecule has 0 radical (unpaired) electrons. The van der Waals surface area contributed by atoms with Crippen molar-refractivity contribution in [1.82, 2.24) is 0 Å². The molecule has 3 nitrogen and oxygen atoms in total. The van der Waals surface area contributed by atoms with Crippen molar-refractivity contribution in [2.24, 2.45) is 5.73 Å². The lowest BCUT2D eigenvalue weighted by Crippen LogP contribution is -2.08. The van der Waals surface area contributed by atoms with Gasteiger partial charge in [0.1, 0.15) is 23.9 Å². The molecule has 2 rings (SSSR count). The zero-order chi connectivity index (χ0) is 15.4. The summed E-state index contributed by atoms with van der Waals surface area (Å²) in [4.78, 5) is 0. The molecule has 2 aromatic rings. The molecule has 2 aromatic carbocycles. The summed E-state index contributed by atoms with van der Waals surface area (Å²) in [6.45, 7) is 2.20. The summed E-state index contributed by atoms with van der Waals surface area (Å²) in [6.07, 6.45) is 0. The lowest BCUT2D eigenvalue weighted by molar-refractivity contribution is 0.298. The van der Waals surface area contributed by atoms with E-state index in [1.165, 1.54) is 12.1 Å². The van der Waals surface area contributed by atoms with Crippen molar-refractivity contribution >= 4 is 15.9 Å². The smallest absolute Gasteiger partial charge is 0.128 e. The standard InChI is InChI=1S/C16H17BrFNO2/c1-10(19)14-6-5-13(20-2)8-16(14)21-9-11-3-4-12(18)7-15(11)17/h3-8,10H,9,19H2,1-2H3. The Hall–Kier alpha value is -1.59. The quantitative estimate of drug-likeness (QED) is 0.876. The van der Waals surface area contributed by atoms with E-state index in [-0.39, 0.29) is 11.9 Å². The van der Waals surface area contributed by atoms with Crippen LogP contribution in [-0.4, -0.2) is 7.11 Å². The maximum Gasteiger partial charge on any atom is 0.128 e. The number of halogens is 2. The van der Waals surface area contributed by atoms with Crippen LogP contribution in [0, 0.1) is 5.82 Å². The number of hydrogen-bond donors (Lipinski definition) is 1. The zero-order valence-corrected chi connectivity index (χ0v) is 13.5. The third-order valence-corrected chi connectivity index (χ3v) is 3.85. The molecular formula is C16H17BrFNO2. The van der Waals surface area contributed by atoms with Gasteiger partial charge in [-0.05, 0) is 25.1 Å². The Morgan fingerprint density at radius 1 is 1.24 bits per heavy atom. The monoisotopic (exact) mass is 353 g/mol. The maximum absolute atomic E-state index is 13.1. The summed E-state index contributed by atoms with van der Waals surface area (Å²) >= 11 is 3.33. The van der Waals surface area contributed by atoms with Crippen LogP contribution in [0.3, 0.4) is 0 Å². The Bertz CT molecular complexity index is 632. The van der Waals surface area contributed by atoms with E-state index in [0.29, 0.717) is 22.6 Å². The SMILES string of the molecule is COc1ccc(C(C)N)c(OCc2ccc(F)cc2Br)c1. The predicted molar refractivity (Wildman–Crippen MR) is 84.0 cm³/mol. The molecule has 0 saturated carbocycles. The van der Waals surface area contributed by atoms with Crippen LogP contribution >= 0.6 is 15.9 Å². The number of rotatable bonds is 5. The highest BCUT2D eigenvalue weighted by Crippen LogP contribution is 2.30. The molecule has 0 spiro atoms. The van der Waals surface area contributed by atoms with Crippen molar-refractivity contribution < 1.29 is 13.9 Å². The average Bonchev–Trinajstić information content (AvgIpc) is 2.45. The van der Waals surface area contributed by atoms with Gasteiger partial charge in [0.05, 0.1) is 7.11 Å². The van der Waals surface area contributed by atoms with Crippen molar-refractivity contribution in [3.63, 3.8) is 0 Å². The molecule has 0 amide bonds. The summed E-state index contributed by atoms with van der Waals surface area (Å²) in [5.74, 6) is 1.08. The first-order chi connectivity index (χ1) is 10.0. The van der Waals surface area contributed by atoms with Crippen LogP contribution < -0.4 is 15.2 Å². The molecule has 21 heavy (non-hydrogen) atoms. The van der Waals surface area contributed by atoms with E-state index in [0.717, 1.165) is 11.1 Å². The van der Waals surface area contributed by atoms with Gasteiger partial charge in [0.25, 0.3) is 0 Å². The molecule has 5 heteroatoms. The fraction of sp³-hybridized carbons (Fsp3) is 0.250. The van der Waals surface area contributed by atoms with Gasteiger partial charge < -0.3 is 15.2 Å². The highest BCUT2D eigenvalue weighted by molar-refractivity contribution is 9.10. The second-order valence-electron chi connectivity index (χ2n) is 4.72. The molecule has 0 bridgehead atoms. The van der Waals surface area contributed by atoms with Gasteiger partial charge in [-0.1, -0.05) is 28.1 Å². The maximum atomic E-state index is 13.1. The summed E-state index contributed by atoms with van der Waals surface area (Å²) < 4.78 is 24.8. The number of hydrogen-bond acceptors (Lipinski definition) is 3. The van der Waals surface area contributed by atoms with Crippen molar-refractivity contribution in [3.05, 3.63) is 57.8 Å². The molecule has 2 N–H and O–H groups in total.